The van der Waals surface area contributed by atoms with Gasteiger partial charge in [-0.15, -0.1) is 10.2 Å². The zero-order valence-electron chi connectivity index (χ0n) is 11.7. The number of aryl methyl sites for hydroxylation is 1. The highest BCUT2D eigenvalue weighted by molar-refractivity contribution is 9.10. The maximum absolute atomic E-state index is 13.8. The van der Waals surface area contributed by atoms with Gasteiger partial charge in [0.1, 0.15) is 16.4 Å². The van der Waals surface area contributed by atoms with Gasteiger partial charge in [-0.2, -0.15) is 0 Å². The van der Waals surface area contributed by atoms with Gasteiger partial charge in [0, 0.05) is 17.6 Å². The van der Waals surface area contributed by atoms with E-state index in [1.165, 1.54) is 30.5 Å². The van der Waals surface area contributed by atoms with Crippen LogP contribution in [0.25, 0.3) is 11.6 Å². The van der Waals surface area contributed by atoms with Crippen LogP contribution < -0.4 is 4.72 Å². The van der Waals surface area contributed by atoms with Gasteiger partial charge in [0.15, 0.2) is 0 Å². The third-order valence-corrected chi connectivity index (χ3v) is 4.74. The summed E-state index contributed by atoms with van der Waals surface area (Å²) in [5.41, 5.74) is 0.201. The third kappa shape index (κ3) is 3.27. The molecule has 0 aliphatic rings. The Hall–Kier alpha value is -2.20. The minimum Gasteiger partial charge on any atom is -0.420 e. The number of anilines is 1. The standard InChI is InChI=1S/C13H10BrFN4O3S/c1-7-17-18-13(22-7)12-5-9(6-16-12)23(20,21)19-11-3-2-8(14)4-10(11)15/h2-6,16,19H,1H3. The smallest absolute Gasteiger partial charge is 0.264 e. The van der Waals surface area contributed by atoms with Crippen molar-refractivity contribution in [2.45, 2.75) is 11.8 Å². The summed E-state index contributed by atoms with van der Waals surface area (Å²) in [6, 6.07) is 5.35. The molecule has 0 saturated heterocycles. The van der Waals surface area contributed by atoms with Gasteiger partial charge in [0.2, 0.25) is 5.89 Å². The van der Waals surface area contributed by atoms with E-state index in [2.05, 4.69) is 35.8 Å². The summed E-state index contributed by atoms with van der Waals surface area (Å²) < 4.78 is 46.3. The first-order valence-corrected chi connectivity index (χ1v) is 8.59. The maximum Gasteiger partial charge on any atom is 0.264 e. The molecule has 0 spiro atoms. The largest absolute Gasteiger partial charge is 0.420 e. The number of hydrogen-bond donors (Lipinski definition) is 2. The Balaban J connectivity index is 1.89. The van der Waals surface area contributed by atoms with Gasteiger partial charge >= 0.3 is 0 Å². The fraction of sp³-hybridized carbons (Fsp3) is 0.0769. The lowest BCUT2D eigenvalue weighted by Gasteiger charge is -2.07. The van der Waals surface area contributed by atoms with Crippen LogP contribution in [0.15, 0.2) is 44.2 Å². The summed E-state index contributed by atoms with van der Waals surface area (Å²) in [6.45, 7) is 1.62. The lowest BCUT2D eigenvalue weighted by atomic mass is 10.3. The number of nitrogens with one attached hydrogen (secondary N) is 2. The number of rotatable bonds is 4. The number of halogens is 2. The zero-order valence-corrected chi connectivity index (χ0v) is 14.1. The number of aromatic amines is 1. The summed E-state index contributed by atoms with van der Waals surface area (Å²) in [5.74, 6) is -0.168. The molecule has 10 heteroatoms. The zero-order chi connectivity index (χ0) is 16.6. The molecular weight excluding hydrogens is 391 g/mol. The molecule has 120 valence electrons. The first-order chi connectivity index (χ1) is 10.8. The predicted molar refractivity (Wildman–Crippen MR) is 83.7 cm³/mol. The fourth-order valence-electron chi connectivity index (χ4n) is 1.83. The molecule has 7 nitrogen and oxygen atoms in total. The van der Waals surface area contributed by atoms with Crippen LogP contribution in [-0.4, -0.2) is 23.6 Å². The van der Waals surface area contributed by atoms with Crippen molar-refractivity contribution in [3.63, 3.8) is 0 Å². The molecule has 0 amide bonds. The molecule has 0 aliphatic carbocycles. The van der Waals surface area contributed by atoms with Crippen molar-refractivity contribution in [1.29, 1.82) is 0 Å². The molecule has 1 aromatic carbocycles. The van der Waals surface area contributed by atoms with Crippen molar-refractivity contribution in [2.75, 3.05) is 4.72 Å². The molecule has 0 saturated carbocycles. The summed E-state index contributed by atoms with van der Waals surface area (Å²) in [5, 5.41) is 7.46. The monoisotopic (exact) mass is 400 g/mol. The van der Waals surface area contributed by atoms with E-state index in [1.807, 2.05) is 0 Å². The molecule has 23 heavy (non-hydrogen) atoms. The minimum absolute atomic E-state index is 0.0781. The van der Waals surface area contributed by atoms with Crippen molar-refractivity contribution in [1.82, 2.24) is 15.2 Å². The molecule has 0 atom stereocenters. The van der Waals surface area contributed by atoms with Crippen LogP contribution in [-0.2, 0) is 10.0 Å². The number of H-pyrrole nitrogens is 1. The molecule has 2 heterocycles. The minimum atomic E-state index is -3.96. The molecule has 0 aliphatic heterocycles. The van der Waals surface area contributed by atoms with Crippen LogP contribution >= 0.6 is 15.9 Å². The van der Waals surface area contributed by atoms with Gasteiger partial charge in [-0.05, 0) is 24.3 Å². The average molecular weight is 401 g/mol. The predicted octanol–water partition coefficient (Wildman–Crippen LogP) is 3.08. The lowest BCUT2D eigenvalue weighted by molar-refractivity contribution is 0.531. The van der Waals surface area contributed by atoms with E-state index in [-0.39, 0.29) is 16.5 Å². The number of hydrogen-bond acceptors (Lipinski definition) is 5. The van der Waals surface area contributed by atoms with Gasteiger partial charge in [-0.3, -0.25) is 4.72 Å². The van der Waals surface area contributed by atoms with Gasteiger partial charge in [-0.25, -0.2) is 12.8 Å². The summed E-state index contributed by atoms with van der Waals surface area (Å²) >= 11 is 3.11. The van der Waals surface area contributed by atoms with Crippen LogP contribution in [0.4, 0.5) is 10.1 Å². The fourth-order valence-corrected chi connectivity index (χ4v) is 3.23. The number of sulfonamides is 1. The van der Waals surface area contributed by atoms with Crippen LogP contribution in [0.1, 0.15) is 5.89 Å². The van der Waals surface area contributed by atoms with E-state index in [1.54, 1.807) is 6.92 Å². The van der Waals surface area contributed by atoms with Crippen molar-refractivity contribution >= 4 is 31.6 Å². The second kappa shape index (κ2) is 5.78. The first-order valence-electron chi connectivity index (χ1n) is 6.32. The summed E-state index contributed by atoms with van der Waals surface area (Å²) in [6.07, 6.45) is 1.26. The Bertz CT molecular complexity index is 967. The molecule has 0 fully saturated rings. The van der Waals surface area contributed by atoms with Crippen molar-refractivity contribution in [3.8, 4) is 11.6 Å². The summed E-state index contributed by atoms with van der Waals surface area (Å²) in [4.78, 5) is 2.66. The van der Waals surface area contributed by atoms with E-state index in [4.69, 9.17) is 4.42 Å². The lowest BCUT2D eigenvalue weighted by Crippen LogP contribution is -2.13. The molecular formula is C13H10BrFN4O3S. The molecule has 0 unspecified atom stereocenters. The van der Waals surface area contributed by atoms with Crippen molar-refractivity contribution < 1.29 is 17.2 Å². The van der Waals surface area contributed by atoms with Crippen LogP contribution in [0.5, 0.6) is 0 Å². The molecule has 0 bridgehead atoms. The highest BCUT2D eigenvalue weighted by Crippen LogP contribution is 2.25. The van der Waals surface area contributed by atoms with Crippen molar-refractivity contribution in [3.05, 3.63) is 46.6 Å². The van der Waals surface area contributed by atoms with Crippen LogP contribution in [0.2, 0.25) is 0 Å². The molecule has 3 rings (SSSR count). The van der Waals surface area contributed by atoms with E-state index in [0.717, 1.165) is 0 Å². The number of nitrogens with zero attached hydrogens (tertiary/aromatic N) is 2. The number of aromatic nitrogens is 3. The maximum atomic E-state index is 13.8. The highest BCUT2D eigenvalue weighted by Gasteiger charge is 2.20. The van der Waals surface area contributed by atoms with E-state index in [0.29, 0.717) is 16.1 Å². The second-order valence-electron chi connectivity index (χ2n) is 4.60. The normalized spacial score (nSPS) is 11.6. The van der Waals surface area contributed by atoms with Crippen LogP contribution in [0.3, 0.4) is 0 Å². The van der Waals surface area contributed by atoms with Gasteiger partial charge in [0.25, 0.3) is 15.9 Å². The van der Waals surface area contributed by atoms with Crippen molar-refractivity contribution in [2.24, 2.45) is 0 Å². The molecule has 2 aromatic heterocycles. The van der Waals surface area contributed by atoms with Gasteiger partial charge in [-0.1, -0.05) is 15.9 Å². The Labute approximate surface area is 139 Å². The first kappa shape index (κ1) is 15.7. The third-order valence-electron chi connectivity index (χ3n) is 2.90. The van der Waals surface area contributed by atoms with E-state index >= 15 is 0 Å². The molecule has 0 radical (unpaired) electrons. The Morgan fingerprint density at radius 3 is 2.74 bits per heavy atom. The molecule has 3 aromatic rings. The van der Waals surface area contributed by atoms with E-state index in [9.17, 15) is 12.8 Å². The summed E-state index contributed by atoms with van der Waals surface area (Å²) in [7, 11) is -3.96. The van der Waals surface area contributed by atoms with Crippen LogP contribution in [0, 0.1) is 12.7 Å². The van der Waals surface area contributed by atoms with Gasteiger partial charge in [0.05, 0.1) is 5.69 Å². The van der Waals surface area contributed by atoms with Gasteiger partial charge < -0.3 is 9.40 Å². The Kier molecular flexibility index (Phi) is 3.94. The molecule has 2 N–H and O–H groups in total. The SMILES string of the molecule is Cc1nnc(-c2cc(S(=O)(=O)Nc3ccc(Br)cc3F)c[nH]2)o1. The number of benzene rings is 1. The highest BCUT2D eigenvalue weighted by atomic mass is 79.9. The topological polar surface area (TPSA) is 101 Å². The second-order valence-corrected chi connectivity index (χ2v) is 7.20. The van der Waals surface area contributed by atoms with E-state index < -0.39 is 15.8 Å². The quantitative estimate of drug-likeness (QED) is 0.700. The Morgan fingerprint density at radius 1 is 1.30 bits per heavy atom. The average Bonchev–Trinajstić information content (AvgIpc) is 3.10. The Morgan fingerprint density at radius 2 is 2.09 bits per heavy atom.